The van der Waals surface area contributed by atoms with E-state index < -0.39 is 16.1 Å². The molecule has 1 fully saturated rings. The topological polar surface area (TPSA) is 86.7 Å². The van der Waals surface area contributed by atoms with Gasteiger partial charge in [0.05, 0.1) is 5.69 Å². The quantitative estimate of drug-likeness (QED) is 0.873. The number of anilines is 1. The molecule has 0 saturated carbocycles. The summed E-state index contributed by atoms with van der Waals surface area (Å²) in [6.45, 7) is 3.81. The van der Waals surface area contributed by atoms with Crippen molar-refractivity contribution in [3.63, 3.8) is 0 Å². The second-order valence-electron chi connectivity index (χ2n) is 6.29. The lowest BCUT2D eigenvalue weighted by atomic mass is 9.99. The number of aryl methyl sites for hydroxylation is 4. The van der Waals surface area contributed by atoms with Gasteiger partial charge in [-0.3, -0.25) is 4.79 Å². The zero-order valence-corrected chi connectivity index (χ0v) is 14.9. The van der Waals surface area contributed by atoms with Gasteiger partial charge in [-0.25, -0.2) is 9.03 Å². The van der Waals surface area contributed by atoms with Crippen LogP contribution in [0.4, 0.5) is 5.69 Å². The van der Waals surface area contributed by atoms with Gasteiger partial charge in [-0.1, -0.05) is 29.8 Å². The molecule has 0 unspecified atom stereocenters. The summed E-state index contributed by atoms with van der Waals surface area (Å²) in [6, 6.07) is 11.2. The van der Waals surface area contributed by atoms with E-state index in [-0.39, 0.29) is 18.0 Å². The van der Waals surface area contributed by atoms with Crippen LogP contribution in [0.5, 0.6) is 5.75 Å². The van der Waals surface area contributed by atoms with Crippen LogP contribution in [-0.4, -0.2) is 26.0 Å². The largest absolute Gasteiger partial charge is 0.506 e. The van der Waals surface area contributed by atoms with Gasteiger partial charge < -0.3 is 5.11 Å². The Morgan fingerprint density at radius 2 is 1.88 bits per heavy atom. The van der Waals surface area contributed by atoms with E-state index in [1.165, 1.54) is 22.8 Å². The van der Waals surface area contributed by atoms with Gasteiger partial charge in [0, 0.05) is 0 Å². The summed E-state index contributed by atoms with van der Waals surface area (Å²) in [7, 11) is -3.92. The van der Waals surface area contributed by atoms with Gasteiger partial charge in [0.1, 0.15) is 12.3 Å². The summed E-state index contributed by atoms with van der Waals surface area (Å²) in [4.78, 5) is 11.3. The number of nitrogens with zero attached hydrogens (tertiary/aromatic N) is 1. The summed E-state index contributed by atoms with van der Waals surface area (Å²) < 4.78 is 26.5. The van der Waals surface area contributed by atoms with Crippen molar-refractivity contribution in [3.8, 4) is 5.75 Å². The minimum Gasteiger partial charge on any atom is -0.506 e. The van der Waals surface area contributed by atoms with Crippen LogP contribution in [0, 0.1) is 13.8 Å². The van der Waals surface area contributed by atoms with Crippen LogP contribution in [0.2, 0.25) is 0 Å². The molecule has 1 heterocycles. The van der Waals surface area contributed by atoms with Crippen LogP contribution in [0.1, 0.15) is 22.3 Å². The molecule has 6 nitrogen and oxygen atoms in total. The predicted octanol–water partition coefficient (Wildman–Crippen LogP) is 1.98. The van der Waals surface area contributed by atoms with E-state index in [0.717, 1.165) is 22.7 Å². The Morgan fingerprint density at radius 3 is 2.48 bits per heavy atom. The zero-order valence-electron chi connectivity index (χ0n) is 14.1. The Bertz CT molecular complexity index is 938. The van der Waals surface area contributed by atoms with Crippen LogP contribution >= 0.6 is 0 Å². The minimum absolute atomic E-state index is 0.105. The summed E-state index contributed by atoms with van der Waals surface area (Å²) in [5.41, 5.74) is 4.70. The number of phenolic OH excluding ortho intramolecular Hbond substituents is 1. The highest BCUT2D eigenvalue weighted by Gasteiger charge is 2.35. The number of rotatable bonds is 4. The molecule has 0 spiro atoms. The summed E-state index contributed by atoms with van der Waals surface area (Å²) in [5.74, 6) is -0.767. The molecule has 3 rings (SSSR count). The number of carbonyl (C=O) groups is 1. The number of carbonyl (C=O) groups excluding carboxylic acids is 1. The van der Waals surface area contributed by atoms with Crippen molar-refractivity contribution in [3.05, 3.63) is 58.7 Å². The minimum atomic E-state index is -3.92. The average molecular weight is 360 g/mol. The molecule has 1 amide bonds. The molecule has 7 heteroatoms. The predicted molar refractivity (Wildman–Crippen MR) is 95.8 cm³/mol. The average Bonchev–Trinajstić information content (AvgIpc) is 2.79. The third-order valence-electron chi connectivity index (χ3n) is 4.31. The number of hydrogen-bond donors (Lipinski definition) is 2. The lowest BCUT2D eigenvalue weighted by molar-refractivity contribution is -0.117. The van der Waals surface area contributed by atoms with Crippen LogP contribution in [0.25, 0.3) is 0 Å². The molecule has 2 N–H and O–H groups in total. The van der Waals surface area contributed by atoms with Gasteiger partial charge in [-0.15, -0.1) is 0 Å². The first-order valence-electron chi connectivity index (χ1n) is 7.97. The number of nitrogens with one attached hydrogen (secondary N) is 1. The lowest BCUT2D eigenvalue weighted by Crippen LogP contribution is -2.29. The van der Waals surface area contributed by atoms with Crippen molar-refractivity contribution in [1.82, 2.24) is 4.72 Å². The number of aromatic hydroxyl groups is 1. The van der Waals surface area contributed by atoms with E-state index in [4.69, 9.17) is 0 Å². The number of amides is 1. The number of hydrogen-bond acceptors (Lipinski definition) is 4. The molecule has 0 bridgehead atoms. The summed E-state index contributed by atoms with van der Waals surface area (Å²) in [5, 5.41) is 10.2. The Kier molecular flexibility index (Phi) is 4.43. The SMILES string of the molecule is Cc1ccc(CCc2ccc(N3CC(=O)NS3(=O)=O)c(O)c2)c(C)c1. The van der Waals surface area contributed by atoms with Gasteiger partial charge in [0.2, 0.25) is 0 Å². The molecule has 0 atom stereocenters. The Morgan fingerprint density at radius 1 is 1.12 bits per heavy atom. The van der Waals surface area contributed by atoms with Crippen molar-refractivity contribution in [2.24, 2.45) is 0 Å². The Labute approximate surface area is 147 Å². The van der Waals surface area contributed by atoms with E-state index in [1.807, 2.05) is 4.72 Å². The fraction of sp³-hybridized carbons (Fsp3) is 0.278. The monoisotopic (exact) mass is 360 g/mol. The maximum absolute atomic E-state index is 11.9. The molecule has 1 aliphatic rings. The van der Waals surface area contributed by atoms with Crippen LogP contribution in [0.3, 0.4) is 0 Å². The second kappa shape index (κ2) is 6.40. The van der Waals surface area contributed by atoms with E-state index in [1.54, 1.807) is 12.1 Å². The van der Waals surface area contributed by atoms with Crippen LogP contribution in [0.15, 0.2) is 36.4 Å². The smallest absolute Gasteiger partial charge is 0.326 e. The highest BCUT2D eigenvalue weighted by Crippen LogP contribution is 2.31. The lowest BCUT2D eigenvalue weighted by Gasteiger charge is -2.16. The first kappa shape index (κ1) is 17.3. The molecule has 2 aromatic carbocycles. The van der Waals surface area contributed by atoms with Crippen molar-refractivity contribution in [2.45, 2.75) is 26.7 Å². The fourth-order valence-corrected chi connectivity index (χ4v) is 4.17. The normalized spacial score (nSPS) is 16.1. The van der Waals surface area contributed by atoms with E-state index >= 15 is 0 Å². The van der Waals surface area contributed by atoms with Crippen LogP contribution in [-0.2, 0) is 27.8 Å². The molecule has 1 aliphatic heterocycles. The number of phenols is 1. The van der Waals surface area contributed by atoms with Gasteiger partial charge >= 0.3 is 10.2 Å². The van der Waals surface area contributed by atoms with Gasteiger partial charge in [0.25, 0.3) is 5.91 Å². The second-order valence-corrected chi connectivity index (χ2v) is 7.88. The highest BCUT2D eigenvalue weighted by molar-refractivity contribution is 7.92. The van der Waals surface area contributed by atoms with Crippen molar-refractivity contribution < 1.29 is 18.3 Å². The van der Waals surface area contributed by atoms with Gasteiger partial charge in [0.15, 0.2) is 0 Å². The Hall–Kier alpha value is -2.54. The molecule has 0 aliphatic carbocycles. The van der Waals surface area contributed by atoms with E-state index in [2.05, 4.69) is 32.0 Å². The molecule has 0 radical (unpaired) electrons. The summed E-state index contributed by atoms with van der Waals surface area (Å²) in [6.07, 6.45) is 1.55. The van der Waals surface area contributed by atoms with Crippen molar-refractivity contribution in [2.75, 3.05) is 10.8 Å². The molecule has 0 aromatic heterocycles. The first-order valence-corrected chi connectivity index (χ1v) is 9.41. The van der Waals surface area contributed by atoms with Crippen molar-refractivity contribution >= 4 is 21.8 Å². The third-order valence-corrected chi connectivity index (χ3v) is 5.70. The maximum Gasteiger partial charge on any atom is 0.326 e. The van der Waals surface area contributed by atoms with Gasteiger partial charge in [-0.2, -0.15) is 8.42 Å². The maximum atomic E-state index is 11.9. The molecule has 2 aromatic rings. The van der Waals surface area contributed by atoms with Crippen molar-refractivity contribution in [1.29, 1.82) is 0 Å². The zero-order chi connectivity index (χ0) is 18.2. The molecule has 132 valence electrons. The van der Waals surface area contributed by atoms with E-state index in [9.17, 15) is 18.3 Å². The summed E-state index contributed by atoms with van der Waals surface area (Å²) >= 11 is 0. The molecule has 1 saturated heterocycles. The Balaban J connectivity index is 1.77. The first-order chi connectivity index (χ1) is 11.8. The number of benzene rings is 2. The standard InChI is InChI=1S/C18H20N2O4S/c1-12-3-6-15(13(2)9-12)7-4-14-5-8-16(17(21)10-14)20-11-18(22)19-25(20,23)24/h3,5-6,8-10,21H,4,7,11H2,1-2H3,(H,19,22). The molecule has 25 heavy (non-hydrogen) atoms. The third kappa shape index (κ3) is 3.61. The van der Waals surface area contributed by atoms with Crippen LogP contribution < -0.4 is 9.03 Å². The molecular formula is C18H20N2O4S. The van der Waals surface area contributed by atoms with Gasteiger partial charge in [-0.05, 0) is 55.5 Å². The van der Waals surface area contributed by atoms with E-state index in [0.29, 0.717) is 0 Å². The fourth-order valence-electron chi connectivity index (χ4n) is 3.00. The molecular weight excluding hydrogens is 340 g/mol. The highest BCUT2D eigenvalue weighted by atomic mass is 32.2.